The highest BCUT2D eigenvalue weighted by molar-refractivity contribution is 6.01. The van der Waals surface area contributed by atoms with Crippen molar-refractivity contribution >= 4 is 23.6 Å². The molecule has 0 spiro atoms. The second-order valence-corrected chi connectivity index (χ2v) is 14.3. The first kappa shape index (κ1) is 36.2. The highest BCUT2D eigenvalue weighted by atomic mass is 16.6. The number of carbonyl (C=O) groups excluding carboxylic acids is 3. The molecule has 0 aliphatic carbocycles. The maximum Gasteiger partial charge on any atom is 0.410 e. The molecule has 1 N–H and O–H groups in total. The van der Waals surface area contributed by atoms with Gasteiger partial charge in [0.2, 0.25) is 5.91 Å². The Morgan fingerprint density at radius 1 is 0.750 bits per heavy atom. The van der Waals surface area contributed by atoms with Gasteiger partial charge in [0.25, 0.3) is 5.91 Å². The molecule has 1 fully saturated rings. The Morgan fingerprint density at radius 2 is 1.38 bits per heavy atom. The third-order valence-electron chi connectivity index (χ3n) is 9.27. The number of hydrogen-bond donors (Lipinski definition) is 1. The van der Waals surface area contributed by atoms with E-state index in [1.807, 2.05) is 133 Å². The number of unbranched alkanes of at least 4 members (excludes halogenated alkanes) is 1. The zero-order valence-corrected chi connectivity index (χ0v) is 30.3. The van der Waals surface area contributed by atoms with E-state index in [-0.39, 0.29) is 23.9 Å². The quantitative estimate of drug-likeness (QED) is 0.140. The van der Waals surface area contributed by atoms with Crippen LogP contribution in [0.15, 0.2) is 128 Å². The number of nitrogens with zero attached hydrogens (tertiary/aromatic N) is 3. The number of aryl methyl sites for hydroxylation is 1. The molecule has 5 aromatic rings. The van der Waals surface area contributed by atoms with E-state index in [2.05, 4.69) is 29.6 Å². The summed E-state index contributed by atoms with van der Waals surface area (Å²) in [5, 5.41) is 3.15. The monoisotopic (exact) mass is 696 g/mol. The van der Waals surface area contributed by atoms with Crippen molar-refractivity contribution in [1.29, 1.82) is 0 Å². The number of carbonyl (C=O) groups is 3. The molecule has 0 bridgehead atoms. The number of amides is 3. The van der Waals surface area contributed by atoms with Gasteiger partial charge in [0, 0.05) is 32.3 Å². The van der Waals surface area contributed by atoms with Crippen molar-refractivity contribution in [2.45, 2.75) is 64.5 Å². The summed E-state index contributed by atoms with van der Waals surface area (Å²) in [7, 11) is 0. The minimum atomic E-state index is -0.620. The van der Waals surface area contributed by atoms with Gasteiger partial charge in [-0.3, -0.25) is 9.59 Å². The SMILES string of the molecule is CC(C)(C)OC(=O)N1CCN(C(=O)c2ccn(-c3ccccc3NC(=O)CCCCc3ccccc3)c2-c2ccccc2)C(Cc2ccccc2)C1. The molecule has 0 saturated carbocycles. The highest BCUT2D eigenvalue weighted by Crippen LogP contribution is 2.33. The number of piperazine rings is 1. The molecule has 52 heavy (non-hydrogen) atoms. The molecule has 1 aliphatic heterocycles. The van der Waals surface area contributed by atoms with E-state index in [0.29, 0.717) is 43.7 Å². The van der Waals surface area contributed by atoms with E-state index in [4.69, 9.17) is 4.74 Å². The lowest BCUT2D eigenvalue weighted by Gasteiger charge is -2.42. The lowest BCUT2D eigenvalue weighted by atomic mass is 10.00. The highest BCUT2D eigenvalue weighted by Gasteiger charge is 2.36. The zero-order valence-electron chi connectivity index (χ0n) is 30.3. The maximum atomic E-state index is 14.8. The number of ether oxygens (including phenoxy) is 1. The standard InChI is InChI=1S/C44H48N4O4/c1-44(2,3)52-43(51)46-29-30-47(36(32-46)31-34-20-9-5-10-21-34)42(50)37-27-28-48(41(37)35-22-11-6-12-23-35)39-25-15-14-24-38(39)45-40(49)26-16-13-19-33-17-7-4-8-18-33/h4-12,14-15,17-18,20-25,27-28,36H,13,16,19,26,29-32H2,1-3H3,(H,45,49). The van der Waals surface area contributed by atoms with Crippen LogP contribution >= 0.6 is 0 Å². The van der Waals surface area contributed by atoms with Gasteiger partial charge in [-0.05, 0) is 81.3 Å². The molecule has 4 aromatic carbocycles. The molecule has 268 valence electrons. The summed E-state index contributed by atoms with van der Waals surface area (Å²) >= 11 is 0. The van der Waals surface area contributed by atoms with Gasteiger partial charge in [-0.2, -0.15) is 0 Å². The first-order valence-corrected chi connectivity index (χ1v) is 18.2. The predicted octanol–water partition coefficient (Wildman–Crippen LogP) is 8.80. The van der Waals surface area contributed by atoms with Crippen molar-refractivity contribution in [3.05, 3.63) is 144 Å². The summed E-state index contributed by atoms with van der Waals surface area (Å²) in [5.74, 6) is -0.154. The average Bonchev–Trinajstić information content (AvgIpc) is 3.59. The molecule has 1 saturated heterocycles. The lowest BCUT2D eigenvalue weighted by molar-refractivity contribution is -0.116. The van der Waals surface area contributed by atoms with E-state index in [9.17, 15) is 14.4 Å². The topological polar surface area (TPSA) is 83.9 Å². The Labute approximate surface area is 307 Å². The van der Waals surface area contributed by atoms with Crippen molar-refractivity contribution in [1.82, 2.24) is 14.4 Å². The fourth-order valence-electron chi connectivity index (χ4n) is 6.79. The molecule has 6 rings (SSSR count). The van der Waals surface area contributed by atoms with Crippen LogP contribution < -0.4 is 5.32 Å². The minimum Gasteiger partial charge on any atom is -0.444 e. The smallest absolute Gasteiger partial charge is 0.410 e. The van der Waals surface area contributed by atoms with Gasteiger partial charge in [0.05, 0.1) is 28.7 Å². The van der Waals surface area contributed by atoms with Gasteiger partial charge < -0.3 is 24.4 Å². The van der Waals surface area contributed by atoms with Gasteiger partial charge in [-0.15, -0.1) is 0 Å². The van der Waals surface area contributed by atoms with Crippen molar-refractivity contribution in [3.8, 4) is 16.9 Å². The molecule has 1 aromatic heterocycles. The molecule has 1 atom stereocenters. The van der Waals surface area contributed by atoms with Crippen molar-refractivity contribution < 1.29 is 19.1 Å². The van der Waals surface area contributed by atoms with Crippen LogP contribution in [-0.2, 0) is 22.4 Å². The molecule has 2 heterocycles. The number of benzene rings is 4. The van der Waals surface area contributed by atoms with Crippen LogP contribution in [0.5, 0.6) is 0 Å². The van der Waals surface area contributed by atoms with E-state index >= 15 is 0 Å². The number of hydrogen-bond acceptors (Lipinski definition) is 4. The first-order chi connectivity index (χ1) is 25.2. The predicted molar refractivity (Wildman–Crippen MR) is 207 cm³/mol. The lowest BCUT2D eigenvalue weighted by Crippen LogP contribution is -2.57. The second-order valence-electron chi connectivity index (χ2n) is 14.3. The van der Waals surface area contributed by atoms with Crippen LogP contribution in [-0.4, -0.2) is 63.6 Å². The van der Waals surface area contributed by atoms with Crippen LogP contribution in [0.2, 0.25) is 0 Å². The van der Waals surface area contributed by atoms with Gasteiger partial charge in [-0.1, -0.05) is 103 Å². The summed E-state index contributed by atoms with van der Waals surface area (Å²) in [6, 6.07) is 39.6. The fourth-order valence-corrected chi connectivity index (χ4v) is 6.79. The third kappa shape index (κ3) is 9.18. The number of rotatable bonds is 11. The Kier molecular flexibility index (Phi) is 11.5. The van der Waals surface area contributed by atoms with Crippen LogP contribution in [0.3, 0.4) is 0 Å². The van der Waals surface area contributed by atoms with Crippen LogP contribution in [0.1, 0.15) is 61.5 Å². The number of para-hydroxylation sites is 2. The zero-order chi connectivity index (χ0) is 36.5. The van der Waals surface area contributed by atoms with E-state index in [1.54, 1.807) is 4.90 Å². The second kappa shape index (κ2) is 16.6. The van der Waals surface area contributed by atoms with E-state index in [0.717, 1.165) is 41.8 Å². The Hall–Kier alpha value is -5.63. The largest absolute Gasteiger partial charge is 0.444 e. The van der Waals surface area contributed by atoms with Crippen molar-refractivity contribution in [2.24, 2.45) is 0 Å². The van der Waals surface area contributed by atoms with E-state index in [1.165, 1.54) is 5.56 Å². The summed E-state index contributed by atoms with van der Waals surface area (Å²) in [4.78, 5) is 44.8. The number of anilines is 1. The molecule has 8 nitrogen and oxygen atoms in total. The minimum absolute atomic E-state index is 0.0446. The molecule has 3 amide bonds. The fraction of sp³-hybridized carbons (Fsp3) is 0.295. The molecular weight excluding hydrogens is 649 g/mol. The molecule has 0 radical (unpaired) electrons. The summed E-state index contributed by atoms with van der Waals surface area (Å²) in [6.07, 6.45) is 5.19. The van der Waals surface area contributed by atoms with Crippen LogP contribution in [0, 0.1) is 0 Å². The summed E-state index contributed by atoms with van der Waals surface area (Å²) < 4.78 is 7.72. The Bertz CT molecular complexity index is 1950. The van der Waals surface area contributed by atoms with Crippen LogP contribution in [0.25, 0.3) is 16.9 Å². The van der Waals surface area contributed by atoms with Gasteiger partial charge in [-0.25, -0.2) is 4.79 Å². The first-order valence-electron chi connectivity index (χ1n) is 18.2. The summed E-state index contributed by atoms with van der Waals surface area (Å²) in [5.41, 5.74) is 5.36. The maximum absolute atomic E-state index is 14.8. The normalized spacial score (nSPS) is 14.6. The average molecular weight is 697 g/mol. The third-order valence-corrected chi connectivity index (χ3v) is 9.27. The molecule has 8 heteroatoms. The van der Waals surface area contributed by atoms with Crippen molar-refractivity contribution in [3.63, 3.8) is 0 Å². The summed E-state index contributed by atoms with van der Waals surface area (Å²) in [6.45, 7) is 6.67. The van der Waals surface area contributed by atoms with Crippen LogP contribution in [0.4, 0.5) is 10.5 Å². The van der Waals surface area contributed by atoms with Gasteiger partial charge >= 0.3 is 6.09 Å². The van der Waals surface area contributed by atoms with Crippen molar-refractivity contribution in [2.75, 3.05) is 25.0 Å². The molecule has 1 unspecified atom stereocenters. The Morgan fingerprint density at radius 3 is 2.08 bits per heavy atom. The molecular formula is C44H48N4O4. The van der Waals surface area contributed by atoms with Gasteiger partial charge in [0.1, 0.15) is 5.60 Å². The van der Waals surface area contributed by atoms with E-state index < -0.39 is 5.60 Å². The van der Waals surface area contributed by atoms with Gasteiger partial charge in [0.15, 0.2) is 0 Å². The Balaban J connectivity index is 1.27. The number of nitrogens with one attached hydrogen (secondary N) is 1. The molecule has 1 aliphatic rings. The number of aromatic nitrogens is 1.